The zero-order chi connectivity index (χ0) is 13.1. The third-order valence-electron chi connectivity index (χ3n) is 3.37. The predicted molar refractivity (Wildman–Crippen MR) is 82.3 cm³/mol. The van der Waals surface area contributed by atoms with Crippen molar-refractivity contribution < 1.29 is 0 Å². The Morgan fingerprint density at radius 3 is 2.95 bits per heavy atom. The molecule has 1 fully saturated rings. The fraction of sp³-hybridized carbons (Fsp3) is 0.400. The molecule has 4 heteroatoms. The Bertz CT molecular complexity index is 530. The summed E-state index contributed by atoms with van der Waals surface area (Å²) in [6, 6.07) is 10.4. The summed E-state index contributed by atoms with van der Waals surface area (Å²) in [5, 5.41) is 4.24. The lowest BCUT2D eigenvalue weighted by Crippen LogP contribution is -2.16. The van der Waals surface area contributed by atoms with Crippen molar-refractivity contribution in [2.45, 2.75) is 25.0 Å². The van der Waals surface area contributed by atoms with E-state index in [1.165, 1.54) is 18.6 Å². The zero-order valence-electron chi connectivity index (χ0n) is 11.2. The Morgan fingerprint density at radius 1 is 1.37 bits per heavy atom. The van der Waals surface area contributed by atoms with Crippen LogP contribution < -0.4 is 5.32 Å². The summed E-state index contributed by atoms with van der Waals surface area (Å²) >= 11 is 2.07. The van der Waals surface area contributed by atoms with E-state index in [9.17, 15) is 0 Å². The number of aromatic nitrogens is 2. The molecule has 1 aromatic carbocycles. The van der Waals surface area contributed by atoms with E-state index in [0.29, 0.717) is 0 Å². The van der Waals surface area contributed by atoms with Crippen LogP contribution in [0.5, 0.6) is 0 Å². The number of anilines is 1. The van der Waals surface area contributed by atoms with E-state index >= 15 is 0 Å². The molecule has 0 saturated carbocycles. The van der Waals surface area contributed by atoms with E-state index in [1.54, 1.807) is 0 Å². The van der Waals surface area contributed by atoms with Crippen LogP contribution in [0.15, 0.2) is 36.5 Å². The standard InChI is InChI=1S/C15H19N3S/c1-12-11-18(13-6-3-2-4-7-13)15(17-12)16-10-14-8-5-9-19-14/h2-4,6-7,11,14H,5,8-10H2,1H3,(H,16,17). The summed E-state index contributed by atoms with van der Waals surface area (Å²) in [4.78, 5) is 4.59. The molecule has 2 aromatic rings. The van der Waals surface area contributed by atoms with Gasteiger partial charge in [-0.15, -0.1) is 0 Å². The van der Waals surface area contributed by atoms with Gasteiger partial charge in [-0.25, -0.2) is 4.98 Å². The molecule has 1 N–H and O–H groups in total. The first kappa shape index (κ1) is 12.6. The molecule has 100 valence electrons. The van der Waals surface area contributed by atoms with Crippen molar-refractivity contribution in [3.63, 3.8) is 0 Å². The van der Waals surface area contributed by atoms with Gasteiger partial charge in [-0.3, -0.25) is 4.57 Å². The van der Waals surface area contributed by atoms with E-state index in [4.69, 9.17) is 0 Å². The van der Waals surface area contributed by atoms with Gasteiger partial charge < -0.3 is 5.32 Å². The van der Waals surface area contributed by atoms with Gasteiger partial charge in [0.15, 0.2) is 0 Å². The molecule has 0 aliphatic carbocycles. The van der Waals surface area contributed by atoms with Crippen LogP contribution in [0.3, 0.4) is 0 Å². The van der Waals surface area contributed by atoms with Gasteiger partial charge in [0.05, 0.1) is 5.69 Å². The topological polar surface area (TPSA) is 29.9 Å². The van der Waals surface area contributed by atoms with Gasteiger partial charge in [0.2, 0.25) is 5.95 Å². The lowest BCUT2D eigenvalue weighted by atomic mass is 10.2. The lowest BCUT2D eigenvalue weighted by Gasteiger charge is -2.12. The van der Waals surface area contributed by atoms with Crippen molar-refractivity contribution in [1.29, 1.82) is 0 Å². The molecule has 3 nitrogen and oxygen atoms in total. The fourth-order valence-corrected chi connectivity index (χ4v) is 3.62. The number of aryl methyl sites for hydroxylation is 1. The van der Waals surface area contributed by atoms with Gasteiger partial charge in [0.1, 0.15) is 0 Å². The van der Waals surface area contributed by atoms with Crippen LogP contribution in [0, 0.1) is 6.92 Å². The van der Waals surface area contributed by atoms with Crippen molar-refractivity contribution in [2.75, 3.05) is 17.6 Å². The summed E-state index contributed by atoms with van der Waals surface area (Å²) in [6.45, 7) is 3.04. The molecule has 1 aliphatic heterocycles. The molecule has 1 atom stereocenters. The highest BCUT2D eigenvalue weighted by Gasteiger charge is 2.16. The number of nitrogens with zero attached hydrogens (tertiary/aromatic N) is 2. The van der Waals surface area contributed by atoms with Crippen molar-refractivity contribution in [3.05, 3.63) is 42.2 Å². The van der Waals surface area contributed by atoms with Crippen LogP contribution in [0.4, 0.5) is 5.95 Å². The fourth-order valence-electron chi connectivity index (χ4n) is 2.42. The largest absolute Gasteiger partial charge is 0.354 e. The average molecular weight is 273 g/mol. The van der Waals surface area contributed by atoms with Crippen LogP contribution in [-0.2, 0) is 0 Å². The molecule has 0 bridgehead atoms. The van der Waals surface area contributed by atoms with Gasteiger partial charge in [0.25, 0.3) is 0 Å². The van der Waals surface area contributed by atoms with E-state index in [1.807, 2.05) is 13.0 Å². The van der Waals surface area contributed by atoms with Crippen molar-refractivity contribution in [1.82, 2.24) is 9.55 Å². The molecule has 0 radical (unpaired) electrons. The first-order valence-corrected chi connectivity index (χ1v) is 7.85. The third-order valence-corrected chi connectivity index (χ3v) is 4.77. The van der Waals surface area contributed by atoms with Crippen LogP contribution >= 0.6 is 11.8 Å². The lowest BCUT2D eigenvalue weighted by molar-refractivity contribution is 0.798. The minimum absolute atomic E-state index is 0.737. The molecule has 0 amide bonds. The highest BCUT2D eigenvalue weighted by atomic mass is 32.2. The SMILES string of the molecule is Cc1cn(-c2ccccc2)c(NCC2CCCS2)n1. The first-order chi connectivity index (χ1) is 9.33. The van der Waals surface area contributed by atoms with Crippen molar-refractivity contribution in [3.8, 4) is 5.69 Å². The molecule has 1 saturated heterocycles. The Hall–Kier alpha value is -1.42. The number of thioether (sulfide) groups is 1. The van der Waals surface area contributed by atoms with E-state index in [2.05, 4.69) is 57.1 Å². The maximum atomic E-state index is 4.59. The monoisotopic (exact) mass is 273 g/mol. The Balaban J connectivity index is 1.77. The van der Waals surface area contributed by atoms with E-state index in [-0.39, 0.29) is 0 Å². The molecular formula is C15H19N3S. The molecule has 1 aromatic heterocycles. The highest BCUT2D eigenvalue weighted by Crippen LogP contribution is 2.26. The Morgan fingerprint density at radius 2 is 2.21 bits per heavy atom. The Labute approximate surface area is 118 Å². The summed E-state index contributed by atoms with van der Waals surface area (Å²) in [5.74, 6) is 2.26. The van der Waals surface area contributed by atoms with Crippen LogP contribution in [-0.4, -0.2) is 27.1 Å². The van der Waals surface area contributed by atoms with Crippen LogP contribution in [0.2, 0.25) is 0 Å². The average Bonchev–Trinajstić information content (AvgIpc) is 3.06. The number of nitrogens with one attached hydrogen (secondary N) is 1. The molecule has 1 unspecified atom stereocenters. The summed E-state index contributed by atoms with van der Waals surface area (Å²) in [7, 11) is 0. The summed E-state index contributed by atoms with van der Waals surface area (Å²) < 4.78 is 2.13. The Kier molecular flexibility index (Phi) is 3.78. The van der Waals surface area contributed by atoms with Crippen molar-refractivity contribution >= 4 is 17.7 Å². The quantitative estimate of drug-likeness (QED) is 0.925. The maximum absolute atomic E-state index is 4.59. The highest BCUT2D eigenvalue weighted by molar-refractivity contribution is 8.00. The van der Waals surface area contributed by atoms with Crippen molar-refractivity contribution in [2.24, 2.45) is 0 Å². The molecule has 0 spiro atoms. The van der Waals surface area contributed by atoms with Crippen LogP contribution in [0.1, 0.15) is 18.5 Å². The number of hydrogen-bond acceptors (Lipinski definition) is 3. The second-order valence-electron chi connectivity index (χ2n) is 4.93. The van der Waals surface area contributed by atoms with E-state index in [0.717, 1.165) is 29.1 Å². The molecule has 2 heterocycles. The van der Waals surface area contributed by atoms with Gasteiger partial charge >= 0.3 is 0 Å². The van der Waals surface area contributed by atoms with Gasteiger partial charge in [0, 0.05) is 23.7 Å². The minimum atomic E-state index is 0.737. The minimum Gasteiger partial charge on any atom is -0.354 e. The smallest absolute Gasteiger partial charge is 0.207 e. The second-order valence-corrected chi connectivity index (χ2v) is 6.34. The summed E-state index contributed by atoms with van der Waals surface area (Å²) in [5.41, 5.74) is 2.20. The zero-order valence-corrected chi connectivity index (χ0v) is 12.0. The number of benzene rings is 1. The number of imidazole rings is 1. The number of hydrogen-bond donors (Lipinski definition) is 1. The maximum Gasteiger partial charge on any atom is 0.207 e. The number of rotatable bonds is 4. The first-order valence-electron chi connectivity index (χ1n) is 6.80. The van der Waals surface area contributed by atoms with Gasteiger partial charge in [-0.1, -0.05) is 18.2 Å². The van der Waals surface area contributed by atoms with Gasteiger partial charge in [-0.05, 0) is 37.7 Å². The number of para-hydroxylation sites is 1. The predicted octanol–water partition coefficient (Wildman–Crippen LogP) is 3.49. The summed E-state index contributed by atoms with van der Waals surface area (Å²) in [6.07, 6.45) is 4.76. The molecule has 19 heavy (non-hydrogen) atoms. The second kappa shape index (κ2) is 5.70. The normalized spacial score (nSPS) is 18.7. The molecule has 1 aliphatic rings. The third kappa shape index (κ3) is 2.95. The molecular weight excluding hydrogens is 254 g/mol. The van der Waals surface area contributed by atoms with Crippen LogP contribution in [0.25, 0.3) is 5.69 Å². The van der Waals surface area contributed by atoms with Gasteiger partial charge in [-0.2, -0.15) is 11.8 Å². The van der Waals surface area contributed by atoms with E-state index < -0.39 is 0 Å². The molecule has 3 rings (SSSR count).